The summed E-state index contributed by atoms with van der Waals surface area (Å²) >= 11 is 0. The molecule has 0 spiro atoms. The largest absolute Gasteiger partial charge is 0.481 e. The van der Waals surface area contributed by atoms with Crippen molar-refractivity contribution in [3.05, 3.63) is 47.0 Å². The number of nitrogens with zero attached hydrogens (tertiary/aromatic N) is 2. The van der Waals surface area contributed by atoms with Crippen LogP contribution in [-0.4, -0.2) is 82.0 Å². The van der Waals surface area contributed by atoms with E-state index in [1.165, 1.54) is 11.1 Å². The number of allylic oxidation sites excluding steroid dienone is 1. The Balaban J connectivity index is 1.16. The lowest BCUT2D eigenvalue weighted by Crippen LogP contribution is -2.66. The molecule has 5 fully saturated rings. The molecular formula is C50H74N2O7. The van der Waals surface area contributed by atoms with Crippen LogP contribution in [0.1, 0.15) is 145 Å². The summed E-state index contributed by atoms with van der Waals surface area (Å²) in [7, 11) is 0. The Morgan fingerprint density at radius 3 is 2.29 bits per heavy atom. The summed E-state index contributed by atoms with van der Waals surface area (Å²) in [5, 5.41) is 22.4. The van der Waals surface area contributed by atoms with E-state index in [0.29, 0.717) is 50.9 Å². The molecule has 1 amide bonds. The van der Waals surface area contributed by atoms with Crippen LogP contribution in [0.4, 0.5) is 0 Å². The van der Waals surface area contributed by atoms with Gasteiger partial charge in [-0.15, -0.1) is 0 Å². The lowest BCUT2D eigenvalue weighted by molar-refractivity contribution is -0.235. The zero-order valence-corrected chi connectivity index (χ0v) is 37.7. The number of carboxylic acids is 1. The third-order valence-corrected chi connectivity index (χ3v) is 18.0. The molecule has 1 heterocycles. The van der Waals surface area contributed by atoms with Gasteiger partial charge in [0, 0.05) is 56.4 Å². The number of esters is 1. The predicted octanol–water partition coefficient (Wildman–Crippen LogP) is 8.87. The van der Waals surface area contributed by atoms with Crippen molar-refractivity contribution in [1.29, 1.82) is 0 Å². The highest BCUT2D eigenvalue weighted by molar-refractivity contribution is 6.00. The maximum Gasteiger partial charge on any atom is 0.309 e. The molecule has 0 aromatic heterocycles. The quantitative estimate of drug-likeness (QED) is 0.189. The number of Topliss-reactive ketones (excluding diaryl/α,β-unsaturated/α-hetero) is 1. The number of aliphatic hydroxyl groups excluding tert-OH is 1. The number of carbonyl (C=O) groups excluding carboxylic acids is 3. The smallest absolute Gasteiger partial charge is 0.309 e. The van der Waals surface area contributed by atoms with Crippen LogP contribution in [0.15, 0.2) is 41.5 Å². The minimum absolute atomic E-state index is 0.0196. The van der Waals surface area contributed by atoms with Crippen LogP contribution in [0.5, 0.6) is 0 Å². The summed E-state index contributed by atoms with van der Waals surface area (Å²) in [6, 6.07) is 10.4. The number of rotatable bonds is 13. The fourth-order valence-electron chi connectivity index (χ4n) is 14.6. The van der Waals surface area contributed by atoms with Crippen molar-refractivity contribution < 1.29 is 34.1 Å². The summed E-state index contributed by atoms with van der Waals surface area (Å²) in [5.74, 6) is 0.118. The fourth-order valence-corrected chi connectivity index (χ4v) is 14.6. The van der Waals surface area contributed by atoms with Crippen LogP contribution in [0.2, 0.25) is 0 Å². The third-order valence-electron chi connectivity index (χ3n) is 18.0. The highest BCUT2D eigenvalue weighted by atomic mass is 16.5. The monoisotopic (exact) mass is 815 g/mol. The van der Waals surface area contributed by atoms with Crippen LogP contribution in [0, 0.1) is 56.2 Å². The Kier molecular flexibility index (Phi) is 11.7. The Labute approximate surface area is 354 Å². The molecule has 1 saturated heterocycles. The zero-order valence-electron chi connectivity index (χ0n) is 37.7. The maximum atomic E-state index is 14.4. The molecule has 1 aromatic carbocycles. The second kappa shape index (κ2) is 15.7. The van der Waals surface area contributed by atoms with Gasteiger partial charge in [0.05, 0.1) is 17.9 Å². The van der Waals surface area contributed by atoms with Crippen molar-refractivity contribution in [2.24, 2.45) is 56.2 Å². The topological polar surface area (TPSA) is 124 Å². The lowest BCUT2D eigenvalue weighted by Gasteiger charge is -2.72. The fraction of sp³-hybridized carbons (Fsp3) is 0.760. The number of ether oxygens (including phenoxy) is 1. The molecule has 9 nitrogen and oxygen atoms in total. The molecule has 4 saturated carbocycles. The van der Waals surface area contributed by atoms with Crippen LogP contribution < -0.4 is 0 Å². The molecular weight excluding hydrogens is 741 g/mol. The van der Waals surface area contributed by atoms with Crippen molar-refractivity contribution in [3.63, 3.8) is 0 Å². The second-order valence-corrected chi connectivity index (χ2v) is 22.3. The summed E-state index contributed by atoms with van der Waals surface area (Å²) in [6.45, 7) is 22.9. The first-order valence-electron chi connectivity index (χ1n) is 23.0. The first-order chi connectivity index (χ1) is 27.6. The SMILES string of the molecule is CC(C)C1=C2[C@H]3CC[C@@H]4[C@@]5(C)CC[C@H](OC(=O)CC(C)(C)C(=O)O)C(C)(C)[C@@H]5CC[C@@]4(C)[C@]3(C)CCC2(C(O)CN(CCN2CCCC2=O)Cc2ccccc2)CC1=O. The molecule has 2 unspecified atom stereocenters. The molecule has 0 radical (unpaired) electrons. The summed E-state index contributed by atoms with van der Waals surface area (Å²) < 4.78 is 6.20. The average molecular weight is 815 g/mol. The van der Waals surface area contributed by atoms with Crippen molar-refractivity contribution in [3.8, 4) is 0 Å². The first kappa shape index (κ1) is 44.0. The number of hydrogen-bond acceptors (Lipinski definition) is 7. The van der Waals surface area contributed by atoms with Crippen molar-refractivity contribution in [1.82, 2.24) is 9.80 Å². The van der Waals surface area contributed by atoms with Crippen LogP contribution >= 0.6 is 0 Å². The molecule has 5 aliphatic carbocycles. The van der Waals surface area contributed by atoms with Crippen LogP contribution in [0.25, 0.3) is 0 Å². The normalized spacial score (nSPS) is 36.0. The number of aliphatic hydroxyl groups is 1. The van der Waals surface area contributed by atoms with Gasteiger partial charge in [0.1, 0.15) is 6.10 Å². The van der Waals surface area contributed by atoms with Crippen molar-refractivity contribution >= 4 is 23.6 Å². The van der Waals surface area contributed by atoms with Gasteiger partial charge in [-0.25, -0.2) is 0 Å². The molecule has 0 bridgehead atoms. The van der Waals surface area contributed by atoms with Gasteiger partial charge < -0.3 is 19.8 Å². The Morgan fingerprint density at radius 1 is 0.932 bits per heavy atom. The molecule has 1 aromatic rings. The highest BCUT2D eigenvalue weighted by Gasteiger charge is 2.71. The van der Waals surface area contributed by atoms with Crippen molar-refractivity contribution in [2.75, 3.05) is 26.2 Å². The lowest BCUT2D eigenvalue weighted by atomic mass is 9.33. The van der Waals surface area contributed by atoms with Crippen molar-refractivity contribution in [2.45, 2.75) is 158 Å². The van der Waals surface area contributed by atoms with E-state index in [0.717, 1.165) is 69.9 Å². The molecule has 59 heavy (non-hydrogen) atoms. The Bertz CT molecular complexity index is 1840. The number of hydrogen-bond donors (Lipinski definition) is 2. The Morgan fingerprint density at radius 2 is 1.64 bits per heavy atom. The van der Waals surface area contributed by atoms with Gasteiger partial charge in [-0.05, 0) is 123 Å². The number of fused-ring (bicyclic) bond motifs is 7. The number of likely N-dealkylation sites (tertiary alicyclic amines) is 1. The van der Waals surface area contributed by atoms with E-state index < -0.39 is 28.9 Å². The third kappa shape index (κ3) is 7.34. The zero-order chi connectivity index (χ0) is 42.9. The first-order valence-corrected chi connectivity index (χ1v) is 23.0. The molecule has 7 rings (SSSR count). The van der Waals surface area contributed by atoms with E-state index in [1.807, 2.05) is 11.0 Å². The van der Waals surface area contributed by atoms with E-state index in [4.69, 9.17) is 4.74 Å². The van der Waals surface area contributed by atoms with Gasteiger partial charge in [-0.1, -0.05) is 84.4 Å². The molecule has 326 valence electrons. The Hall–Kier alpha value is -3.04. The molecule has 2 N–H and O–H groups in total. The van der Waals surface area contributed by atoms with Gasteiger partial charge in [0.15, 0.2) is 5.78 Å². The molecule has 9 heteroatoms. The predicted molar refractivity (Wildman–Crippen MR) is 229 cm³/mol. The number of aliphatic carboxylic acids is 1. The van der Waals surface area contributed by atoms with E-state index >= 15 is 0 Å². The number of benzene rings is 1. The van der Waals surface area contributed by atoms with Gasteiger partial charge in [-0.2, -0.15) is 0 Å². The van der Waals surface area contributed by atoms with Crippen LogP contribution in [0.3, 0.4) is 0 Å². The maximum absolute atomic E-state index is 14.4. The number of carboxylic acid groups (broad SMARTS) is 1. The average Bonchev–Trinajstić information content (AvgIpc) is 3.71. The molecule has 6 aliphatic rings. The van der Waals surface area contributed by atoms with Gasteiger partial charge in [0.25, 0.3) is 0 Å². The van der Waals surface area contributed by atoms with Crippen LogP contribution in [-0.2, 0) is 30.5 Å². The summed E-state index contributed by atoms with van der Waals surface area (Å²) in [4.78, 5) is 56.3. The van der Waals surface area contributed by atoms with E-state index in [9.17, 15) is 29.4 Å². The van der Waals surface area contributed by atoms with Gasteiger partial charge in [-0.3, -0.25) is 24.1 Å². The number of ketones is 1. The molecule has 1 aliphatic heterocycles. The summed E-state index contributed by atoms with van der Waals surface area (Å²) in [5.41, 5.74) is 1.41. The minimum atomic E-state index is -1.18. The minimum Gasteiger partial charge on any atom is -0.481 e. The van der Waals surface area contributed by atoms with Gasteiger partial charge >= 0.3 is 11.9 Å². The number of amides is 1. The number of carbonyl (C=O) groups is 4. The standard InChI is InChI=1S/C50H74N2O7/c1-32(2)42-35(53)28-50(38(54)31-51(30-33-14-11-10-12-15-33)26-27-52-25-13-16-40(52)55)24-23-48(8)34(43(42)50)17-18-37-47(7)21-20-39(59-41(56)29-45(3,4)44(57)58)46(5,6)36(47)19-22-49(37,48)9/h10-12,14-15,32,34,36-39,54H,13,16-31H2,1-9H3,(H,57,58)/t34-,36+,37-,38?,39+,47+,48-,49-,50?/m1/s1. The highest BCUT2D eigenvalue weighted by Crippen LogP contribution is 2.77. The molecule has 9 atom stereocenters. The second-order valence-electron chi connectivity index (χ2n) is 22.3. The van der Waals surface area contributed by atoms with E-state index in [-0.39, 0.29) is 57.7 Å². The van der Waals surface area contributed by atoms with E-state index in [2.05, 4.69) is 77.6 Å². The summed E-state index contributed by atoms with van der Waals surface area (Å²) in [6.07, 6.45) is 8.43. The van der Waals surface area contributed by atoms with E-state index in [1.54, 1.807) is 13.8 Å². The van der Waals surface area contributed by atoms with Gasteiger partial charge in [0.2, 0.25) is 5.91 Å².